The Hall–Kier alpha value is -3.05. The predicted octanol–water partition coefficient (Wildman–Crippen LogP) is 2.48. The maximum absolute atomic E-state index is 12.5. The van der Waals surface area contributed by atoms with E-state index >= 15 is 0 Å². The average molecular weight is 388 g/mol. The minimum absolute atomic E-state index is 0.113. The lowest BCUT2D eigenvalue weighted by atomic mass is 10.1. The quantitative estimate of drug-likeness (QED) is 0.547. The van der Waals surface area contributed by atoms with Gasteiger partial charge in [-0.1, -0.05) is 12.1 Å². The van der Waals surface area contributed by atoms with E-state index in [2.05, 4.69) is 5.32 Å². The summed E-state index contributed by atoms with van der Waals surface area (Å²) in [7, 11) is 1.57. The molecule has 0 bridgehead atoms. The zero-order valence-electron chi connectivity index (χ0n) is 17.0. The number of amides is 2. The minimum Gasteiger partial charge on any atom is -0.497 e. The van der Waals surface area contributed by atoms with Crippen molar-refractivity contribution >= 4 is 12.0 Å². The van der Waals surface area contributed by atoms with Gasteiger partial charge in [0, 0.05) is 19.3 Å². The van der Waals surface area contributed by atoms with Gasteiger partial charge in [0.05, 0.1) is 13.2 Å². The molecular weight excluding hydrogens is 360 g/mol. The Morgan fingerprint density at radius 2 is 1.93 bits per heavy atom. The van der Waals surface area contributed by atoms with E-state index in [-0.39, 0.29) is 24.7 Å². The molecule has 0 aliphatic carbocycles. The number of carbonyl (C=O) groups excluding carboxylic acids is 2. The molecule has 1 aromatic carbocycles. The second-order valence-corrected chi connectivity index (χ2v) is 7.09. The molecule has 1 rings (SSSR count). The molecule has 0 aliphatic heterocycles. The van der Waals surface area contributed by atoms with Gasteiger partial charge in [-0.15, -0.1) is 0 Å². The minimum atomic E-state index is -0.713. The Kier molecular flexibility index (Phi) is 8.48. The Morgan fingerprint density at radius 3 is 2.39 bits per heavy atom. The molecule has 0 heterocycles. The third-order valence-corrected chi connectivity index (χ3v) is 3.61. The zero-order chi connectivity index (χ0) is 21.3. The van der Waals surface area contributed by atoms with E-state index in [9.17, 15) is 14.9 Å². The van der Waals surface area contributed by atoms with Crippen LogP contribution >= 0.6 is 0 Å². The van der Waals surface area contributed by atoms with Gasteiger partial charge >= 0.3 is 6.09 Å². The van der Waals surface area contributed by atoms with E-state index in [1.54, 1.807) is 46.9 Å². The molecule has 0 spiro atoms. The van der Waals surface area contributed by atoms with Gasteiger partial charge in [-0.3, -0.25) is 9.69 Å². The Bertz CT molecular complexity index is 745. The molecule has 0 saturated heterocycles. The van der Waals surface area contributed by atoms with Crippen LogP contribution in [-0.4, -0.2) is 42.7 Å². The first-order valence-electron chi connectivity index (χ1n) is 8.87. The zero-order valence-corrected chi connectivity index (χ0v) is 17.0. The molecule has 0 saturated carbocycles. The first kappa shape index (κ1) is 23.0. The summed E-state index contributed by atoms with van der Waals surface area (Å²) in [5, 5.41) is 12.1. The van der Waals surface area contributed by atoms with Crippen LogP contribution in [0.3, 0.4) is 0 Å². The summed E-state index contributed by atoms with van der Waals surface area (Å²) in [6.07, 6.45) is 0.485. The molecule has 1 atom stereocenters. The number of hydrogen-bond acceptors (Lipinski definition) is 6. The largest absolute Gasteiger partial charge is 0.497 e. The van der Waals surface area contributed by atoms with Crippen LogP contribution in [-0.2, 0) is 9.53 Å². The predicted molar refractivity (Wildman–Crippen MR) is 105 cm³/mol. The van der Waals surface area contributed by atoms with Crippen LogP contribution in [0.15, 0.2) is 36.0 Å². The summed E-state index contributed by atoms with van der Waals surface area (Å²) >= 11 is 0. The molecule has 28 heavy (non-hydrogen) atoms. The summed E-state index contributed by atoms with van der Waals surface area (Å²) in [5.74, 6) is 0.103. The lowest BCUT2D eigenvalue weighted by molar-refractivity contribution is -0.117. The van der Waals surface area contributed by atoms with Crippen molar-refractivity contribution in [3.05, 3.63) is 41.6 Å². The molecule has 1 aromatic rings. The van der Waals surface area contributed by atoms with Crippen molar-refractivity contribution < 1.29 is 19.1 Å². The number of benzene rings is 1. The van der Waals surface area contributed by atoms with E-state index in [1.807, 2.05) is 18.2 Å². The molecular formula is C20H28N4O4. The van der Waals surface area contributed by atoms with Gasteiger partial charge < -0.3 is 20.5 Å². The van der Waals surface area contributed by atoms with Crippen molar-refractivity contribution in [1.82, 2.24) is 10.2 Å². The fourth-order valence-electron chi connectivity index (χ4n) is 2.21. The van der Waals surface area contributed by atoms with Crippen molar-refractivity contribution in [2.45, 2.75) is 39.3 Å². The number of nitrogens with one attached hydrogen (secondary N) is 1. The molecule has 0 fully saturated rings. The highest BCUT2D eigenvalue weighted by Crippen LogP contribution is 2.18. The van der Waals surface area contributed by atoms with Crippen molar-refractivity contribution in [2.24, 2.45) is 5.73 Å². The van der Waals surface area contributed by atoms with Crippen LogP contribution < -0.4 is 15.8 Å². The Morgan fingerprint density at radius 1 is 1.32 bits per heavy atom. The van der Waals surface area contributed by atoms with Crippen LogP contribution in [0.1, 0.15) is 39.3 Å². The number of ether oxygens (including phenoxy) is 2. The van der Waals surface area contributed by atoms with Gasteiger partial charge in [-0.2, -0.15) is 5.26 Å². The van der Waals surface area contributed by atoms with Crippen LogP contribution in [0, 0.1) is 11.3 Å². The summed E-state index contributed by atoms with van der Waals surface area (Å²) in [5.41, 5.74) is 5.44. The first-order chi connectivity index (χ1) is 13.1. The van der Waals surface area contributed by atoms with Gasteiger partial charge in [0.1, 0.15) is 23.0 Å². The van der Waals surface area contributed by atoms with Gasteiger partial charge in [0.25, 0.3) is 5.91 Å². The molecule has 8 nitrogen and oxygen atoms in total. The first-order valence-corrected chi connectivity index (χ1v) is 8.87. The molecule has 0 radical (unpaired) electrons. The van der Waals surface area contributed by atoms with Gasteiger partial charge in [0.15, 0.2) is 0 Å². The van der Waals surface area contributed by atoms with Crippen molar-refractivity contribution in [3.63, 3.8) is 0 Å². The summed E-state index contributed by atoms with van der Waals surface area (Å²) in [4.78, 5) is 25.9. The highest BCUT2D eigenvalue weighted by atomic mass is 16.6. The maximum Gasteiger partial charge on any atom is 0.414 e. The van der Waals surface area contributed by atoms with E-state index in [4.69, 9.17) is 15.2 Å². The summed E-state index contributed by atoms with van der Waals surface area (Å²) < 4.78 is 10.4. The van der Waals surface area contributed by atoms with E-state index in [0.717, 1.165) is 16.7 Å². The molecule has 1 unspecified atom stereocenters. The fourth-order valence-corrected chi connectivity index (χ4v) is 2.21. The second-order valence-electron chi connectivity index (χ2n) is 7.09. The lowest BCUT2D eigenvalue weighted by Gasteiger charge is -2.25. The Balaban J connectivity index is 2.93. The average Bonchev–Trinajstić information content (AvgIpc) is 2.63. The summed E-state index contributed by atoms with van der Waals surface area (Å²) in [6.45, 7) is 7.23. The van der Waals surface area contributed by atoms with Crippen LogP contribution in [0.4, 0.5) is 4.79 Å². The number of nitrogens with two attached hydrogens (primary N) is 1. The van der Waals surface area contributed by atoms with Crippen LogP contribution in [0.25, 0.3) is 0 Å². The van der Waals surface area contributed by atoms with Crippen molar-refractivity contribution in [2.75, 3.05) is 20.2 Å². The van der Waals surface area contributed by atoms with Gasteiger partial charge in [0.2, 0.25) is 0 Å². The lowest BCUT2D eigenvalue weighted by Crippen LogP contribution is -2.37. The number of carbonyl (C=O) groups is 2. The number of nitrogens with zero attached hydrogens (tertiary/aromatic N) is 2. The van der Waals surface area contributed by atoms with E-state index in [1.165, 1.54) is 0 Å². The molecule has 2 amide bonds. The molecule has 152 valence electrons. The third kappa shape index (κ3) is 7.29. The molecule has 3 N–H and O–H groups in total. The van der Waals surface area contributed by atoms with Crippen LogP contribution in [0.2, 0.25) is 0 Å². The standard InChI is InChI=1S/C20H28N4O4/c1-14(15-6-8-17(27-5)9-7-15)23-18(25)16(12-22)13-24(11-10-21)19(26)28-20(2,3)4/h6-9,13-14H,10-11,21H2,1-5H3,(H,23,25)/b16-13-. The normalized spacial score (nSPS) is 12.5. The van der Waals surface area contributed by atoms with Gasteiger partial charge in [-0.25, -0.2) is 4.79 Å². The highest BCUT2D eigenvalue weighted by Gasteiger charge is 2.23. The SMILES string of the molecule is COc1ccc(C(C)NC(=O)/C(C#N)=C\N(CCN)C(=O)OC(C)(C)C)cc1. The summed E-state index contributed by atoms with van der Waals surface area (Å²) in [6, 6.07) is 8.68. The number of methoxy groups -OCH3 is 1. The maximum atomic E-state index is 12.5. The number of rotatable bonds is 7. The van der Waals surface area contributed by atoms with Crippen molar-refractivity contribution in [1.29, 1.82) is 5.26 Å². The number of hydrogen-bond donors (Lipinski definition) is 2. The van der Waals surface area contributed by atoms with Crippen molar-refractivity contribution in [3.8, 4) is 11.8 Å². The second kappa shape index (κ2) is 10.3. The topological polar surface area (TPSA) is 118 Å². The highest BCUT2D eigenvalue weighted by molar-refractivity contribution is 5.97. The van der Waals surface area contributed by atoms with Gasteiger partial charge in [-0.05, 0) is 45.4 Å². The number of nitriles is 1. The smallest absolute Gasteiger partial charge is 0.414 e. The van der Waals surface area contributed by atoms with E-state index < -0.39 is 17.6 Å². The molecule has 8 heteroatoms. The molecule has 0 aromatic heterocycles. The monoisotopic (exact) mass is 388 g/mol. The molecule has 0 aliphatic rings. The third-order valence-electron chi connectivity index (χ3n) is 3.61. The van der Waals surface area contributed by atoms with Crippen LogP contribution in [0.5, 0.6) is 5.75 Å². The Labute approximate surface area is 165 Å². The van der Waals surface area contributed by atoms with E-state index in [0.29, 0.717) is 5.75 Å². The fraction of sp³-hybridized carbons (Fsp3) is 0.450.